The van der Waals surface area contributed by atoms with Crippen molar-refractivity contribution < 1.29 is 22.7 Å². The zero-order valence-corrected chi connectivity index (χ0v) is 11.5. The number of carboxylic acids is 1. The third-order valence-electron chi connectivity index (χ3n) is 3.08. The van der Waals surface area contributed by atoms with Gasteiger partial charge in [-0.1, -0.05) is 0 Å². The molecule has 0 amide bonds. The van der Waals surface area contributed by atoms with E-state index in [1.54, 1.807) is 0 Å². The van der Waals surface area contributed by atoms with Crippen LogP contribution in [-0.2, 0) is 14.6 Å². The number of hydrogen-bond acceptors (Lipinski definition) is 5. The molecule has 0 aliphatic carbocycles. The fourth-order valence-corrected chi connectivity index (χ4v) is 1.88. The van der Waals surface area contributed by atoms with Gasteiger partial charge in [-0.25, -0.2) is 18.2 Å². The Morgan fingerprint density at radius 2 is 2.00 bits per heavy atom. The topological polar surface area (TPSA) is 97.5 Å². The molecule has 1 heterocycles. The highest BCUT2D eigenvalue weighted by molar-refractivity contribution is 7.91. The minimum Gasteiger partial charge on any atom is -0.478 e. The van der Waals surface area contributed by atoms with Crippen molar-refractivity contribution in [3.63, 3.8) is 0 Å². The quantitative estimate of drug-likeness (QED) is 0.922. The predicted molar refractivity (Wildman–Crippen MR) is 68.8 cm³/mol. The molecule has 0 spiro atoms. The number of oxazole rings is 1. The Labute approximate surface area is 110 Å². The fourth-order valence-electron chi connectivity index (χ4n) is 1.47. The minimum atomic E-state index is -3.40. The average molecular weight is 283 g/mol. The summed E-state index contributed by atoms with van der Waals surface area (Å²) in [4.78, 5) is 15.0. The van der Waals surface area contributed by atoms with E-state index in [4.69, 9.17) is 9.52 Å². The molecule has 1 N–H and O–H groups in total. The summed E-state index contributed by atoms with van der Waals surface area (Å²) in [6.07, 6.45) is 1.10. The van der Waals surface area contributed by atoms with E-state index >= 15 is 0 Å². The van der Waals surface area contributed by atoms with E-state index in [1.807, 2.05) is 0 Å². The Morgan fingerprint density at radius 3 is 2.53 bits per heavy atom. The van der Waals surface area contributed by atoms with Gasteiger partial charge in [0.05, 0.1) is 5.56 Å². The Balaban J connectivity index is 2.63. The van der Waals surface area contributed by atoms with Gasteiger partial charge in [0.25, 0.3) is 0 Å². The zero-order valence-electron chi connectivity index (χ0n) is 10.7. The first-order chi connectivity index (χ1) is 8.63. The number of benzene rings is 1. The van der Waals surface area contributed by atoms with E-state index in [1.165, 1.54) is 32.0 Å². The largest absolute Gasteiger partial charge is 0.478 e. The monoisotopic (exact) mass is 283 g/mol. The molecule has 0 radical (unpaired) electrons. The molecule has 2 rings (SSSR count). The molecule has 0 atom stereocenters. The van der Waals surface area contributed by atoms with Gasteiger partial charge in [0.2, 0.25) is 5.89 Å². The summed E-state index contributed by atoms with van der Waals surface area (Å²) in [5, 5.41) is 8.88. The highest BCUT2D eigenvalue weighted by Gasteiger charge is 2.37. The lowest BCUT2D eigenvalue weighted by Crippen LogP contribution is -2.28. The lowest BCUT2D eigenvalue weighted by atomic mass is 10.2. The van der Waals surface area contributed by atoms with E-state index in [2.05, 4.69) is 4.98 Å². The molecule has 1 aromatic carbocycles. The Bertz CT molecular complexity index is 758. The van der Waals surface area contributed by atoms with Crippen molar-refractivity contribution in [3.05, 3.63) is 29.7 Å². The van der Waals surface area contributed by atoms with Crippen LogP contribution in [-0.4, -0.2) is 30.7 Å². The number of carboxylic acid groups (broad SMARTS) is 1. The Kier molecular flexibility index (Phi) is 2.89. The highest BCUT2D eigenvalue weighted by atomic mass is 32.2. The summed E-state index contributed by atoms with van der Waals surface area (Å²) in [7, 11) is -3.40. The highest BCUT2D eigenvalue weighted by Crippen LogP contribution is 2.31. The number of aromatic nitrogens is 1. The number of hydrogen-bond donors (Lipinski definition) is 1. The average Bonchev–Trinajstić information content (AvgIpc) is 2.70. The van der Waals surface area contributed by atoms with Crippen LogP contribution in [0.4, 0.5) is 0 Å². The van der Waals surface area contributed by atoms with E-state index in [0.29, 0.717) is 5.52 Å². The molecular weight excluding hydrogens is 270 g/mol. The molecule has 0 aliphatic heterocycles. The molecule has 19 heavy (non-hydrogen) atoms. The maximum atomic E-state index is 11.7. The molecule has 0 unspecified atom stereocenters. The molecule has 0 aliphatic rings. The van der Waals surface area contributed by atoms with E-state index < -0.39 is 20.6 Å². The number of aromatic carboxylic acids is 1. The van der Waals surface area contributed by atoms with Crippen molar-refractivity contribution in [2.24, 2.45) is 0 Å². The van der Waals surface area contributed by atoms with E-state index in [9.17, 15) is 13.2 Å². The van der Waals surface area contributed by atoms with Crippen LogP contribution in [0, 0.1) is 0 Å². The van der Waals surface area contributed by atoms with Crippen molar-refractivity contribution in [1.29, 1.82) is 0 Å². The van der Waals surface area contributed by atoms with Crippen molar-refractivity contribution in [1.82, 2.24) is 4.98 Å². The number of carbonyl (C=O) groups is 1. The first-order valence-corrected chi connectivity index (χ1v) is 7.36. The molecule has 0 saturated heterocycles. The first-order valence-electron chi connectivity index (χ1n) is 5.47. The normalized spacial score (nSPS) is 12.8. The fraction of sp³-hybridized carbons (Fsp3) is 0.333. The Morgan fingerprint density at radius 1 is 1.37 bits per heavy atom. The second kappa shape index (κ2) is 4.06. The number of fused-ring (bicyclic) bond motifs is 1. The second-order valence-corrected chi connectivity index (χ2v) is 7.35. The van der Waals surface area contributed by atoms with Crippen LogP contribution < -0.4 is 0 Å². The Hall–Kier alpha value is -1.89. The summed E-state index contributed by atoms with van der Waals surface area (Å²) in [6.45, 7) is 2.98. The summed E-state index contributed by atoms with van der Waals surface area (Å²) in [6, 6.07) is 4.21. The number of rotatable bonds is 3. The van der Waals surface area contributed by atoms with Crippen LogP contribution in [0.1, 0.15) is 30.1 Å². The maximum Gasteiger partial charge on any atom is 0.335 e. The smallest absolute Gasteiger partial charge is 0.335 e. The van der Waals surface area contributed by atoms with Gasteiger partial charge in [-0.15, -0.1) is 0 Å². The van der Waals surface area contributed by atoms with E-state index in [-0.39, 0.29) is 17.0 Å². The number of nitrogens with zero attached hydrogens (tertiary/aromatic N) is 1. The molecule has 102 valence electrons. The van der Waals surface area contributed by atoms with Gasteiger partial charge in [-0.3, -0.25) is 0 Å². The van der Waals surface area contributed by atoms with Gasteiger partial charge in [0.15, 0.2) is 15.4 Å². The van der Waals surface area contributed by atoms with Gasteiger partial charge in [0, 0.05) is 6.26 Å². The molecule has 0 saturated carbocycles. The van der Waals surface area contributed by atoms with Gasteiger partial charge in [0.1, 0.15) is 10.3 Å². The van der Waals surface area contributed by atoms with Gasteiger partial charge in [-0.2, -0.15) is 0 Å². The van der Waals surface area contributed by atoms with Crippen molar-refractivity contribution >= 4 is 26.9 Å². The molecule has 6 nitrogen and oxygen atoms in total. The summed E-state index contributed by atoms with van der Waals surface area (Å²) < 4.78 is 27.6. The molecule has 7 heteroatoms. The van der Waals surface area contributed by atoms with Crippen LogP contribution in [0.2, 0.25) is 0 Å². The van der Waals surface area contributed by atoms with E-state index in [0.717, 1.165) is 6.26 Å². The lowest BCUT2D eigenvalue weighted by molar-refractivity contribution is 0.0697. The van der Waals surface area contributed by atoms with Crippen LogP contribution in [0.25, 0.3) is 11.1 Å². The summed E-state index contributed by atoms with van der Waals surface area (Å²) >= 11 is 0. The summed E-state index contributed by atoms with van der Waals surface area (Å²) in [5.41, 5.74) is 0.746. The maximum absolute atomic E-state index is 11.7. The van der Waals surface area contributed by atoms with Gasteiger partial charge >= 0.3 is 5.97 Å². The molecule has 1 aromatic heterocycles. The zero-order chi connectivity index (χ0) is 14.4. The third-order valence-corrected chi connectivity index (χ3v) is 5.11. The van der Waals surface area contributed by atoms with Crippen LogP contribution >= 0.6 is 0 Å². The van der Waals surface area contributed by atoms with Crippen molar-refractivity contribution in [3.8, 4) is 0 Å². The van der Waals surface area contributed by atoms with Crippen LogP contribution in [0.3, 0.4) is 0 Å². The second-order valence-electron chi connectivity index (χ2n) is 4.79. The lowest BCUT2D eigenvalue weighted by Gasteiger charge is -2.17. The molecular formula is C12H13NO5S. The third kappa shape index (κ3) is 2.21. The van der Waals surface area contributed by atoms with Gasteiger partial charge < -0.3 is 9.52 Å². The first kappa shape index (κ1) is 13.5. The van der Waals surface area contributed by atoms with Gasteiger partial charge in [-0.05, 0) is 32.0 Å². The SMILES string of the molecule is CC(C)(c1nc2ccc(C(=O)O)cc2o1)S(C)(=O)=O. The standard InChI is InChI=1S/C12H13NO5S/c1-12(2,19(3,16)17)11-13-8-5-4-7(10(14)15)6-9(8)18-11/h4-6H,1-3H3,(H,14,15). The van der Waals surface area contributed by atoms with Crippen LogP contribution in [0.15, 0.2) is 22.6 Å². The van der Waals surface area contributed by atoms with Crippen molar-refractivity contribution in [2.75, 3.05) is 6.26 Å². The molecule has 2 aromatic rings. The van der Waals surface area contributed by atoms with Crippen molar-refractivity contribution in [2.45, 2.75) is 18.6 Å². The summed E-state index contributed by atoms with van der Waals surface area (Å²) in [5.74, 6) is -1.03. The predicted octanol–water partition coefficient (Wildman–Crippen LogP) is 1.81. The van der Waals surface area contributed by atoms with Crippen LogP contribution in [0.5, 0.6) is 0 Å². The molecule has 0 bridgehead atoms. The number of sulfone groups is 1. The minimum absolute atomic E-state index is 0.0486. The molecule has 0 fully saturated rings.